The summed E-state index contributed by atoms with van der Waals surface area (Å²) in [5, 5.41) is 0. The average molecular weight is 352 g/mol. The van der Waals surface area contributed by atoms with Crippen LogP contribution in [-0.4, -0.2) is 11.7 Å². The summed E-state index contributed by atoms with van der Waals surface area (Å²) in [6.07, 6.45) is -0.639. The lowest BCUT2D eigenvalue weighted by Gasteiger charge is -2.15. The fraction of sp³-hybridized carbons (Fsp3) is 0.136. The molecule has 4 heteroatoms. The molecular formula is C22H18F2O2. The maximum atomic E-state index is 14.3. The molecule has 26 heavy (non-hydrogen) atoms. The molecule has 3 aromatic carbocycles. The van der Waals surface area contributed by atoms with Crippen LogP contribution in [0.4, 0.5) is 8.78 Å². The molecule has 0 bridgehead atoms. The van der Waals surface area contributed by atoms with E-state index in [4.69, 9.17) is 4.74 Å². The number of rotatable bonds is 7. The van der Waals surface area contributed by atoms with Gasteiger partial charge in [-0.15, -0.1) is 0 Å². The van der Waals surface area contributed by atoms with Crippen LogP contribution in [-0.2, 0) is 13.0 Å². The molecule has 3 rings (SSSR count). The first-order valence-electron chi connectivity index (χ1n) is 8.28. The second kappa shape index (κ2) is 7.91. The third-order valence-electron chi connectivity index (χ3n) is 3.97. The van der Waals surface area contributed by atoms with Crippen molar-refractivity contribution >= 4 is 5.78 Å². The molecule has 0 aromatic heterocycles. The Labute approximate surface area is 151 Å². The topological polar surface area (TPSA) is 26.3 Å². The second-order valence-electron chi connectivity index (χ2n) is 5.99. The molecular weight excluding hydrogens is 334 g/mol. The minimum absolute atomic E-state index is 0.0142. The van der Waals surface area contributed by atoms with Crippen molar-refractivity contribution in [2.24, 2.45) is 0 Å². The summed E-state index contributed by atoms with van der Waals surface area (Å²) < 4.78 is 34.2. The monoisotopic (exact) mass is 352 g/mol. The normalized spacial score (nSPS) is 11.2. The van der Waals surface area contributed by atoms with Gasteiger partial charge in [-0.05, 0) is 23.3 Å². The first-order valence-corrected chi connectivity index (χ1v) is 8.28. The van der Waals surface area contributed by atoms with E-state index in [0.29, 0.717) is 17.9 Å². The number of ketones is 1. The number of halogens is 2. The van der Waals surface area contributed by atoms with Gasteiger partial charge in [-0.25, -0.2) is 0 Å². The highest BCUT2D eigenvalue weighted by Crippen LogP contribution is 2.26. The van der Waals surface area contributed by atoms with E-state index in [-0.39, 0.29) is 5.56 Å². The molecule has 0 aliphatic heterocycles. The maximum Gasteiger partial charge on any atom is 0.313 e. The Hall–Kier alpha value is -3.01. The molecule has 0 fully saturated rings. The van der Waals surface area contributed by atoms with Crippen LogP contribution in [0.15, 0.2) is 84.9 Å². The molecule has 0 N–H and O–H groups in total. The zero-order valence-corrected chi connectivity index (χ0v) is 14.1. The van der Waals surface area contributed by atoms with Gasteiger partial charge in [-0.1, -0.05) is 72.8 Å². The first kappa shape index (κ1) is 17.8. The number of hydrogen-bond acceptors (Lipinski definition) is 2. The van der Waals surface area contributed by atoms with Crippen molar-refractivity contribution in [1.82, 2.24) is 0 Å². The summed E-state index contributed by atoms with van der Waals surface area (Å²) in [6.45, 7) is 0.406. The van der Waals surface area contributed by atoms with E-state index in [1.165, 1.54) is 12.1 Å². The minimum atomic E-state index is -3.45. The first-order chi connectivity index (χ1) is 12.5. The van der Waals surface area contributed by atoms with Crippen LogP contribution in [0.3, 0.4) is 0 Å². The maximum absolute atomic E-state index is 14.3. The lowest BCUT2D eigenvalue weighted by molar-refractivity contribution is 0.0106. The lowest BCUT2D eigenvalue weighted by atomic mass is 9.99. The molecule has 0 unspecified atom stereocenters. The highest BCUT2D eigenvalue weighted by atomic mass is 19.3. The number of hydrogen-bond donors (Lipinski definition) is 0. The zero-order valence-electron chi connectivity index (χ0n) is 14.1. The molecule has 0 radical (unpaired) electrons. The van der Waals surface area contributed by atoms with Crippen molar-refractivity contribution in [2.75, 3.05) is 0 Å². The van der Waals surface area contributed by atoms with E-state index in [1.807, 2.05) is 30.3 Å². The zero-order chi connectivity index (χ0) is 18.4. The van der Waals surface area contributed by atoms with Crippen molar-refractivity contribution in [1.29, 1.82) is 0 Å². The van der Waals surface area contributed by atoms with Crippen molar-refractivity contribution in [3.8, 4) is 5.75 Å². The summed E-state index contributed by atoms with van der Waals surface area (Å²) in [5.41, 5.74) is 1.42. The Morgan fingerprint density at radius 1 is 0.769 bits per heavy atom. The van der Waals surface area contributed by atoms with E-state index in [0.717, 1.165) is 5.56 Å². The molecule has 3 aromatic rings. The molecule has 132 valence electrons. The van der Waals surface area contributed by atoms with Crippen LogP contribution in [0.25, 0.3) is 0 Å². The van der Waals surface area contributed by atoms with Crippen LogP contribution in [0.1, 0.15) is 21.5 Å². The van der Waals surface area contributed by atoms with Crippen molar-refractivity contribution in [3.63, 3.8) is 0 Å². The quantitative estimate of drug-likeness (QED) is 0.538. The number of Topliss-reactive ketones (excluding diaryl/α,β-unsaturated/α-hetero) is 1. The summed E-state index contributed by atoms with van der Waals surface area (Å²) in [5.74, 6) is -4.02. The van der Waals surface area contributed by atoms with Gasteiger partial charge in [0.25, 0.3) is 0 Å². The number of benzene rings is 3. The molecule has 0 amide bonds. The van der Waals surface area contributed by atoms with Gasteiger partial charge in [-0.3, -0.25) is 4.79 Å². The summed E-state index contributed by atoms with van der Waals surface area (Å²) >= 11 is 0. The minimum Gasteiger partial charge on any atom is -0.489 e. The van der Waals surface area contributed by atoms with Gasteiger partial charge >= 0.3 is 5.92 Å². The van der Waals surface area contributed by atoms with Gasteiger partial charge in [0.05, 0.1) is 0 Å². The van der Waals surface area contributed by atoms with E-state index < -0.39 is 18.1 Å². The fourth-order valence-electron chi connectivity index (χ4n) is 2.58. The Bertz CT molecular complexity index is 844. The van der Waals surface area contributed by atoms with E-state index in [2.05, 4.69) is 0 Å². The van der Waals surface area contributed by atoms with Gasteiger partial charge in [0, 0.05) is 12.0 Å². The summed E-state index contributed by atoms with van der Waals surface area (Å²) in [6, 6.07) is 23.7. The molecule has 0 heterocycles. The smallest absolute Gasteiger partial charge is 0.313 e. The van der Waals surface area contributed by atoms with E-state index in [9.17, 15) is 13.6 Å². The van der Waals surface area contributed by atoms with Crippen LogP contribution >= 0.6 is 0 Å². The highest BCUT2D eigenvalue weighted by Gasteiger charge is 2.39. The predicted molar refractivity (Wildman–Crippen MR) is 96.6 cm³/mol. The Morgan fingerprint density at radius 3 is 1.96 bits per heavy atom. The second-order valence-corrected chi connectivity index (χ2v) is 5.99. The third-order valence-corrected chi connectivity index (χ3v) is 3.97. The van der Waals surface area contributed by atoms with Crippen molar-refractivity contribution in [3.05, 3.63) is 102 Å². The number of carbonyl (C=O) groups excluding carboxylic acids is 1. The van der Waals surface area contributed by atoms with E-state index >= 15 is 0 Å². The summed E-state index contributed by atoms with van der Waals surface area (Å²) in [7, 11) is 0. The highest BCUT2D eigenvalue weighted by molar-refractivity contribution is 6.01. The van der Waals surface area contributed by atoms with Gasteiger partial charge < -0.3 is 4.74 Å². The Balaban J connectivity index is 1.62. The number of ether oxygens (including phenoxy) is 1. The largest absolute Gasteiger partial charge is 0.489 e. The van der Waals surface area contributed by atoms with Crippen LogP contribution in [0, 0.1) is 0 Å². The SMILES string of the molecule is O=C(c1ccccc1)C(F)(F)Cc1ccc(OCc2ccccc2)cc1. The van der Waals surface area contributed by atoms with E-state index in [1.54, 1.807) is 42.5 Å². The lowest BCUT2D eigenvalue weighted by Crippen LogP contribution is -2.31. The van der Waals surface area contributed by atoms with Crippen molar-refractivity contribution < 1.29 is 18.3 Å². The predicted octanol–water partition coefficient (Wildman–Crippen LogP) is 5.33. The Morgan fingerprint density at radius 2 is 1.35 bits per heavy atom. The number of carbonyl (C=O) groups is 1. The molecule has 0 spiro atoms. The van der Waals surface area contributed by atoms with Gasteiger partial charge in [-0.2, -0.15) is 8.78 Å². The standard InChI is InChI=1S/C22H18F2O2/c23-22(24,21(25)19-9-5-2-6-10-19)15-17-11-13-20(14-12-17)26-16-18-7-3-1-4-8-18/h1-14H,15-16H2. The Kier molecular flexibility index (Phi) is 5.42. The fourth-order valence-corrected chi connectivity index (χ4v) is 2.58. The van der Waals surface area contributed by atoms with Gasteiger partial charge in [0.2, 0.25) is 5.78 Å². The van der Waals surface area contributed by atoms with Gasteiger partial charge in [0.15, 0.2) is 0 Å². The van der Waals surface area contributed by atoms with Crippen molar-refractivity contribution in [2.45, 2.75) is 19.0 Å². The molecule has 2 nitrogen and oxygen atoms in total. The molecule has 0 aliphatic carbocycles. The molecule has 0 saturated heterocycles. The summed E-state index contributed by atoms with van der Waals surface area (Å²) in [4.78, 5) is 12.0. The molecule has 0 saturated carbocycles. The van der Waals surface area contributed by atoms with Crippen LogP contribution < -0.4 is 4.74 Å². The average Bonchev–Trinajstić information content (AvgIpc) is 2.68. The van der Waals surface area contributed by atoms with Crippen LogP contribution in [0.2, 0.25) is 0 Å². The number of alkyl halides is 2. The molecule has 0 aliphatic rings. The van der Waals surface area contributed by atoms with Gasteiger partial charge in [0.1, 0.15) is 12.4 Å². The third kappa shape index (κ3) is 4.54. The van der Waals surface area contributed by atoms with Crippen LogP contribution in [0.5, 0.6) is 5.75 Å². The molecule has 0 atom stereocenters.